The molecule has 2 aliphatic rings. The van der Waals surface area contributed by atoms with Crippen LogP contribution in [-0.2, 0) is 0 Å². The predicted molar refractivity (Wildman–Crippen MR) is 62.1 cm³/mol. The molecule has 0 aromatic carbocycles. The van der Waals surface area contributed by atoms with Crippen molar-refractivity contribution in [2.45, 2.75) is 51.6 Å². The fourth-order valence-electron chi connectivity index (χ4n) is 2.74. The molecule has 1 saturated heterocycles. The summed E-state index contributed by atoms with van der Waals surface area (Å²) in [5.41, 5.74) is 0.290. The minimum Gasteiger partial charge on any atom is -0.313 e. The molecule has 2 heterocycles. The Morgan fingerprint density at radius 1 is 1.44 bits per heavy atom. The van der Waals surface area contributed by atoms with E-state index >= 15 is 0 Å². The van der Waals surface area contributed by atoms with E-state index in [1.807, 2.05) is 6.33 Å². The Morgan fingerprint density at radius 3 is 2.94 bits per heavy atom. The van der Waals surface area contributed by atoms with Gasteiger partial charge < -0.3 is 9.88 Å². The Morgan fingerprint density at radius 2 is 2.25 bits per heavy atom. The number of aromatic nitrogens is 3. The summed E-state index contributed by atoms with van der Waals surface area (Å²) in [5, 5.41) is 12.1. The summed E-state index contributed by atoms with van der Waals surface area (Å²) in [6, 6.07) is 1.04. The average molecular weight is 220 g/mol. The number of hydrogen-bond donors (Lipinski definition) is 1. The van der Waals surface area contributed by atoms with E-state index in [0.717, 1.165) is 12.4 Å². The fraction of sp³-hybridized carbons (Fsp3) is 0.833. The summed E-state index contributed by atoms with van der Waals surface area (Å²) in [5.74, 6) is 1.15. The Bertz CT molecular complexity index is 378. The molecule has 1 aliphatic heterocycles. The van der Waals surface area contributed by atoms with Crippen LogP contribution in [0.1, 0.15) is 57.4 Å². The first-order valence-electron chi connectivity index (χ1n) is 6.31. The summed E-state index contributed by atoms with van der Waals surface area (Å²) in [7, 11) is 0. The summed E-state index contributed by atoms with van der Waals surface area (Å²) in [6.45, 7) is 5.76. The molecular weight excluding hydrogens is 200 g/mol. The molecule has 2 fully saturated rings. The fourth-order valence-corrected chi connectivity index (χ4v) is 2.74. The lowest BCUT2D eigenvalue weighted by atomic mass is 9.77. The first kappa shape index (κ1) is 10.3. The molecule has 1 atom stereocenters. The second-order valence-electron chi connectivity index (χ2n) is 5.81. The van der Waals surface area contributed by atoms with Crippen LogP contribution in [0.3, 0.4) is 0 Å². The molecule has 1 aromatic rings. The number of nitrogens with zero attached hydrogens (tertiary/aromatic N) is 3. The molecule has 3 rings (SSSR count). The first-order chi connectivity index (χ1) is 7.68. The van der Waals surface area contributed by atoms with Crippen LogP contribution in [0.5, 0.6) is 0 Å². The van der Waals surface area contributed by atoms with Crippen LogP contribution < -0.4 is 5.32 Å². The van der Waals surface area contributed by atoms with E-state index < -0.39 is 0 Å². The lowest BCUT2D eigenvalue weighted by Crippen LogP contribution is -2.41. The van der Waals surface area contributed by atoms with Crippen molar-refractivity contribution >= 4 is 0 Å². The van der Waals surface area contributed by atoms with Crippen molar-refractivity contribution in [2.24, 2.45) is 5.41 Å². The average Bonchev–Trinajstić information content (AvgIpc) is 2.97. The van der Waals surface area contributed by atoms with Crippen molar-refractivity contribution in [2.75, 3.05) is 6.54 Å². The molecule has 0 spiro atoms. The Balaban J connectivity index is 1.92. The maximum Gasteiger partial charge on any atom is 0.150 e. The minimum atomic E-state index is 0.290. The van der Waals surface area contributed by atoms with Gasteiger partial charge in [0.15, 0.2) is 5.82 Å². The van der Waals surface area contributed by atoms with Crippen molar-refractivity contribution in [3.8, 4) is 0 Å². The van der Waals surface area contributed by atoms with E-state index in [1.165, 1.54) is 25.7 Å². The van der Waals surface area contributed by atoms with Crippen molar-refractivity contribution in [3.63, 3.8) is 0 Å². The molecule has 1 saturated carbocycles. The number of nitrogens with one attached hydrogen (secondary N) is 1. The number of piperidine rings is 1. The molecule has 0 amide bonds. The van der Waals surface area contributed by atoms with Gasteiger partial charge in [-0.25, -0.2) is 0 Å². The van der Waals surface area contributed by atoms with Gasteiger partial charge in [0, 0.05) is 6.04 Å². The molecule has 1 N–H and O–H groups in total. The van der Waals surface area contributed by atoms with E-state index in [0.29, 0.717) is 12.1 Å². The largest absolute Gasteiger partial charge is 0.313 e. The van der Waals surface area contributed by atoms with Crippen molar-refractivity contribution in [1.82, 2.24) is 20.1 Å². The first-order valence-corrected chi connectivity index (χ1v) is 6.31. The molecular formula is C12H20N4. The van der Waals surface area contributed by atoms with Crippen LogP contribution in [0, 0.1) is 5.41 Å². The summed E-state index contributed by atoms with van der Waals surface area (Å²) >= 11 is 0. The van der Waals surface area contributed by atoms with E-state index in [9.17, 15) is 0 Å². The lowest BCUT2D eigenvalue weighted by molar-refractivity contribution is 0.170. The highest BCUT2D eigenvalue weighted by Crippen LogP contribution is 2.42. The Kier molecular flexibility index (Phi) is 2.28. The highest BCUT2D eigenvalue weighted by molar-refractivity contribution is 5.06. The monoisotopic (exact) mass is 220 g/mol. The third kappa shape index (κ3) is 1.65. The second kappa shape index (κ2) is 3.55. The van der Waals surface area contributed by atoms with Crippen LogP contribution in [-0.4, -0.2) is 21.3 Å². The molecule has 16 heavy (non-hydrogen) atoms. The van der Waals surface area contributed by atoms with Crippen LogP contribution in [0.15, 0.2) is 6.33 Å². The molecule has 4 nitrogen and oxygen atoms in total. The standard InChI is InChI=1S/C12H20N4/c1-12(2)6-3-7-13-10(12)11-15-14-8-16(11)9-4-5-9/h8-10,13H,3-7H2,1-2H3. The van der Waals surface area contributed by atoms with Gasteiger partial charge in [0.25, 0.3) is 0 Å². The van der Waals surface area contributed by atoms with Crippen LogP contribution in [0.25, 0.3) is 0 Å². The van der Waals surface area contributed by atoms with Gasteiger partial charge in [0.2, 0.25) is 0 Å². The van der Waals surface area contributed by atoms with Gasteiger partial charge in [0.05, 0.1) is 6.04 Å². The summed E-state index contributed by atoms with van der Waals surface area (Å²) in [6.07, 6.45) is 7.01. The lowest BCUT2D eigenvalue weighted by Gasteiger charge is -2.38. The third-order valence-corrected chi connectivity index (χ3v) is 3.93. The molecule has 1 aromatic heterocycles. The molecule has 1 unspecified atom stereocenters. The molecule has 0 bridgehead atoms. The minimum absolute atomic E-state index is 0.290. The quantitative estimate of drug-likeness (QED) is 0.829. The van der Waals surface area contributed by atoms with Crippen molar-refractivity contribution < 1.29 is 0 Å². The van der Waals surface area contributed by atoms with Crippen LogP contribution in [0.2, 0.25) is 0 Å². The maximum atomic E-state index is 4.35. The van der Waals surface area contributed by atoms with E-state index in [-0.39, 0.29) is 5.41 Å². The Labute approximate surface area is 96.4 Å². The van der Waals surface area contributed by atoms with E-state index in [4.69, 9.17) is 0 Å². The summed E-state index contributed by atoms with van der Waals surface area (Å²) < 4.78 is 2.28. The molecule has 4 heteroatoms. The highest BCUT2D eigenvalue weighted by Gasteiger charge is 2.38. The van der Waals surface area contributed by atoms with Crippen LogP contribution >= 0.6 is 0 Å². The topological polar surface area (TPSA) is 42.7 Å². The summed E-state index contributed by atoms with van der Waals surface area (Å²) in [4.78, 5) is 0. The van der Waals surface area contributed by atoms with Gasteiger partial charge in [-0.15, -0.1) is 10.2 Å². The van der Waals surface area contributed by atoms with Crippen molar-refractivity contribution in [1.29, 1.82) is 0 Å². The van der Waals surface area contributed by atoms with Gasteiger partial charge in [-0.05, 0) is 37.6 Å². The molecule has 1 aliphatic carbocycles. The Hall–Kier alpha value is -0.900. The van der Waals surface area contributed by atoms with Gasteiger partial charge in [-0.3, -0.25) is 0 Å². The second-order valence-corrected chi connectivity index (χ2v) is 5.81. The number of hydrogen-bond acceptors (Lipinski definition) is 3. The number of rotatable bonds is 2. The normalized spacial score (nSPS) is 29.2. The van der Waals surface area contributed by atoms with E-state index in [2.05, 4.69) is 33.9 Å². The smallest absolute Gasteiger partial charge is 0.150 e. The zero-order valence-corrected chi connectivity index (χ0v) is 10.1. The zero-order valence-electron chi connectivity index (χ0n) is 10.1. The third-order valence-electron chi connectivity index (χ3n) is 3.93. The van der Waals surface area contributed by atoms with E-state index in [1.54, 1.807) is 0 Å². The maximum absolute atomic E-state index is 4.35. The van der Waals surface area contributed by atoms with Crippen LogP contribution in [0.4, 0.5) is 0 Å². The predicted octanol–water partition coefficient (Wildman–Crippen LogP) is 2.06. The van der Waals surface area contributed by atoms with Gasteiger partial charge in [-0.1, -0.05) is 13.8 Å². The van der Waals surface area contributed by atoms with Gasteiger partial charge >= 0.3 is 0 Å². The SMILES string of the molecule is CC1(C)CCCNC1c1nncn1C1CC1. The highest BCUT2D eigenvalue weighted by atomic mass is 15.3. The van der Waals surface area contributed by atoms with Crippen molar-refractivity contribution in [3.05, 3.63) is 12.2 Å². The zero-order chi connectivity index (χ0) is 11.2. The van der Waals surface area contributed by atoms with Gasteiger partial charge in [-0.2, -0.15) is 0 Å². The molecule has 0 radical (unpaired) electrons. The molecule has 88 valence electrons. The van der Waals surface area contributed by atoms with Gasteiger partial charge in [0.1, 0.15) is 6.33 Å².